The molecule has 1 aliphatic carbocycles. The van der Waals surface area contributed by atoms with Crippen LogP contribution >= 0.6 is 0 Å². The maximum Gasteiger partial charge on any atom is 0.311 e. The highest BCUT2D eigenvalue weighted by atomic mass is 28.4. The summed E-state index contributed by atoms with van der Waals surface area (Å²) in [6.45, 7) is 24.0. The molecule has 42 heavy (non-hydrogen) atoms. The number of allylic oxidation sites excluding steroid dienone is 2. The Bertz CT molecular complexity index is 1000. The van der Waals surface area contributed by atoms with Crippen molar-refractivity contribution in [2.45, 2.75) is 160 Å². The number of carbonyl (C=O) groups is 1. The number of halogens is 2. The highest BCUT2D eigenvalue weighted by Crippen LogP contribution is 2.55. The molecule has 2 fully saturated rings. The summed E-state index contributed by atoms with van der Waals surface area (Å²) in [4.78, 5) is 11.5. The predicted molar refractivity (Wildman–Crippen MR) is 171 cm³/mol. The van der Waals surface area contributed by atoms with Crippen LogP contribution in [0.1, 0.15) is 99.8 Å². The van der Waals surface area contributed by atoms with E-state index in [2.05, 4.69) is 91.2 Å². The van der Waals surface area contributed by atoms with Gasteiger partial charge in [-0.25, -0.2) is 0 Å². The lowest BCUT2D eigenvalue weighted by Gasteiger charge is -2.40. The summed E-state index contributed by atoms with van der Waals surface area (Å²) in [6, 6.07) is 0. The molecule has 0 radical (unpaired) electrons. The van der Waals surface area contributed by atoms with Gasteiger partial charge >= 0.3 is 11.9 Å². The lowest BCUT2D eigenvalue weighted by Crippen LogP contribution is -2.46. The van der Waals surface area contributed by atoms with Crippen molar-refractivity contribution in [3.05, 3.63) is 11.8 Å². The predicted octanol–water partition coefficient (Wildman–Crippen LogP) is 9.25. The molecule has 0 unspecified atom stereocenters. The number of ether oxygens (including phenoxy) is 2. The Hall–Kier alpha value is -1.22. The molecule has 5 nitrogen and oxygen atoms in total. The lowest BCUT2D eigenvalue weighted by molar-refractivity contribution is -0.140. The molecule has 0 bridgehead atoms. The first-order chi connectivity index (χ1) is 19.2. The smallest absolute Gasteiger partial charge is 0.311 e. The molecule has 0 amide bonds. The second-order valence-corrected chi connectivity index (χ2v) is 24.7. The normalized spacial score (nSPS) is 25.9. The summed E-state index contributed by atoms with van der Waals surface area (Å²) in [5.41, 5.74) is 0. The molecule has 2 aliphatic rings. The van der Waals surface area contributed by atoms with Crippen LogP contribution in [0.4, 0.5) is 8.78 Å². The van der Waals surface area contributed by atoms with Gasteiger partial charge in [0.15, 0.2) is 22.4 Å². The Morgan fingerprint density at radius 2 is 1.69 bits per heavy atom. The van der Waals surface area contributed by atoms with Crippen LogP contribution in [0.25, 0.3) is 0 Å². The van der Waals surface area contributed by atoms with Gasteiger partial charge in [-0.3, -0.25) is 4.79 Å². The van der Waals surface area contributed by atoms with Gasteiger partial charge in [0.05, 0.1) is 25.0 Å². The molecule has 9 heteroatoms. The molecule has 1 aliphatic heterocycles. The van der Waals surface area contributed by atoms with Crippen molar-refractivity contribution in [1.29, 1.82) is 0 Å². The second-order valence-electron chi connectivity index (χ2n) is 15.2. The van der Waals surface area contributed by atoms with E-state index in [1.54, 1.807) is 0 Å². The number of esters is 1. The maximum atomic E-state index is 16.1. The van der Waals surface area contributed by atoms with Crippen molar-refractivity contribution < 1.29 is 31.9 Å². The Morgan fingerprint density at radius 1 is 1.07 bits per heavy atom. The first-order valence-electron chi connectivity index (χ1n) is 15.9. The molecular weight excluding hydrogens is 571 g/mol. The molecule has 5 atom stereocenters. The first kappa shape index (κ1) is 37.0. The number of methoxy groups -OCH3 is 1. The number of carbonyl (C=O) groups excluding carboxylic acids is 1. The van der Waals surface area contributed by atoms with Crippen LogP contribution in [0.5, 0.6) is 0 Å². The molecule has 0 aromatic rings. The summed E-state index contributed by atoms with van der Waals surface area (Å²) in [5, 5.41) is -0.0467. The Labute approximate surface area is 257 Å². The summed E-state index contributed by atoms with van der Waals surface area (Å²) < 4.78 is 56.3. The van der Waals surface area contributed by atoms with Crippen molar-refractivity contribution in [2.24, 2.45) is 11.8 Å². The van der Waals surface area contributed by atoms with E-state index in [0.29, 0.717) is 19.3 Å². The fourth-order valence-electron chi connectivity index (χ4n) is 5.06. The van der Waals surface area contributed by atoms with Gasteiger partial charge in [0.2, 0.25) is 0 Å². The number of alkyl halides is 2. The van der Waals surface area contributed by atoms with Crippen LogP contribution in [-0.4, -0.2) is 53.9 Å². The van der Waals surface area contributed by atoms with Crippen molar-refractivity contribution in [1.82, 2.24) is 0 Å². The molecule has 242 valence electrons. The van der Waals surface area contributed by atoms with Crippen LogP contribution in [0, 0.1) is 23.7 Å². The number of hydrogen-bond donors (Lipinski definition) is 0. The van der Waals surface area contributed by atoms with Gasteiger partial charge in [0.25, 0.3) is 0 Å². The van der Waals surface area contributed by atoms with Gasteiger partial charge in [0, 0.05) is 12.8 Å². The average Bonchev–Trinajstić information content (AvgIpc) is 3.30. The van der Waals surface area contributed by atoms with Gasteiger partial charge in [-0.15, -0.1) is 0 Å². The molecule has 2 rings (SSSR count). The van der Waals surface area contributed by atoms with Gasteiger partial charge in [-0.05, 0) is 68.0 Å². The highest BCUT2D eigenvalue weighted by Gasteiger charge is 2.65. The largest absolute Gasteiger partial charge is 0.488 e. The van der Waals surface area contributed by atoms with Gasteiger partial charge in [0.1, 0.15) is 12.2 Å². The summed E-state index contributed by atoms with van der Waals surface area (Å²) in [6.07, 6.45) is 5.33. The zero-order chi connectivity index (χ0) is 32.1. The van der Waals surface area contributed by atoms with E-state index in [0.717, 1.165) is 25.7 Å². The lowest BCUT2D eigenvalue weighted by atomic mass is 9.88. The van der Waals surface area contributed by atoms with Gasteiger partial charge in [-0.2, -0.15) is 8.78 Å². The van der Waals surface area contributed by atoms with Crippen molar-refractivity contribution in [3.8, 4) is 11.8 Å². The molecule has 1 saturated heterocycles. The minimum atomic E-state index is -3.17. The SMILES string of the molecule is CCCCC[C@@H](C#C[C@H]1[C@@H]2[C@H](C[C@H]1O[Si](C)(C)C(C)(C)C)OC(=CCCCC(=O)OC)C2(F)F)O[Si](C)(C)C(C)(C)C. The van der Waals surface area contributed by atoms with Crippen LogP contribution in [0.2, 0.25) is 36.3 Å². The van der Waals surface area contributed by atoms with Crippen LogP contribution in [0.15, 0.2) is 11.8 Å². The zero-order valence-electron chi connectivity index (χ0n) is 28.4. The minimum absolute atomic E-state index is 0.0179. The topological polar surface area (TPSA) is 54.0 Å². The quantitative estimate of drug-likeness (QED) is 0.0933. The number of rotatable bonds is 12. The second kappa shape index (κ2) is 14.3. The monoisotopic (exact) mass is 628 g/mol. The third kappa shape index (κ3) is 9.15. The average molecular weight is 629 g/mol. The molecule has 0 N–H and O–H groups in total. The van der Waals surface area contributed by atoms with E-state index >= 15 is 8.78 Å². The molecule has 1 saturated carbocycles. The Morgan fingerprint density at radius 3 is 2.24 bits per heavy atom. The van der Waals surface area contributed by atoms with Crippen LogP contribution in [-0.2, 0) is 23.1 Å². The molecule has 0 aromatic heterocycles. The fraction of sp³-hybridized carbons (Fsp3) is 0.848. The fourth-order valence-corrected chi connectivity index (χ4v) is 7.65. The summed E-state index contributed by atoms with van der Waals surface area (Å²) >= 11 is 0. The van der Waals surface area contributed by atoms with Gasteiger partial charge < -0.3 is 18.3 Å². The maximum absolute atomic E-state index is 16.1. The standard InChI is InChI=1S/C33H58F2O5Si2/c1-13-14-15-18-24(39-41(9,10)31(2,3)4)21-22-25-26(40-42(11,12)32(5,6)7)23-27-30(25)33(34,35)28(38-27)19-16-17-20-29(36)37-8/h19,24-27,30H,13-18,20,23H2,1-12H3/t24-,25+,26+,27-,30+/m0/s1. The molecular formula is C33H58F2O5Si2. The van der Waals surface area contributed by atoms with E-state index in [9.17, 15) is 4.79 Å². The van der Waals surface area contributed by atoms with E-state index in [-0.39, 0.29) is 34.3 Å². The molecule has 1 heterocycles. The summed E-state index contributed by atoms with van der Waals surface area (Å²) in [7, 11) is -3.06. The van der Waals surface area contributed by atoms with E-state index in [4.69, 9.17) is 13.6 Å². The molecule has 0 spiro atoms. The highest BCUT2D eigenvalue weighted by molar-refractivity contribution is 6.74. The third-order valence-corrected chi connectivity index (χ3v) is 18.8. The third-order valence-electron chi connectivity index (χ3n) is 9.80. The van der Waals surface area contributed by atoms with Gasteiger partial charge in [-0.1, -0.05) is 73.1 Å². The van der Waals surface area contributed by atoms with Crippen molar-refractivity contribution >= 4 is 22.6 Å². The van der Waals surface area contributed by atoms with Crippen molar-refractivity contribution in [2.75, 3.05) is 7.11 Å². The first-order valence-corrected chi connectivity index (χ1v) is 21.7. The Kier molecular flexibility index (Phi) is 12.6. The number of unbranched alkanes of at least 4 members (excludes halogenated alkanes) is 3. The van der Waals surface area contributed by atoms with E-state index in [1.807, 2.05) is 0 Å². The zero-order valence-corrected chi connectivity index (χ0v) is 30.4. The minimum Gasteiger partial charge on any atom is -0.488 e. The number of fused-ring (bicyclic) bond motifs is 1. The molecule has 0 aromatic carbocycles. The van der Waals surface area contributed by atoms with Crippen molar-refractivity contribution in [3.63, 3.8) is 0 Å². The Balaban J connectivity index is 2.44. The van der Waals surface area contributed by atoms with E-state index < -0.39 is 46.6 Å². The van der Waals surface area contributed by atoms with E-state index in [1.165, 1.54) is 13.2 Å². The van der Waals surface area contributed by atoms with Crippen LogP contribution < -0.4 is 0 Å². The number of hydrogen-bond acceptors (Lipinski definition) is 5. The van der Waals surface area contributed by atoms with Crippen LogP contribution in [0.3, 0.4) is 0 Å². The summed E-state index contributed by atoms with van der Waals surface area (Å²) in [5.74, 6) is 1.15.